The van der Waals surface area contributed by atoms with Gasteiger partial charge in [0.25, 0.3) is 11.9 Å². The number of pyridine rings is 1. The second-order valence-corrected chi connectivity index (χ2v) is 6.54. The Bertz CT molecular complexity index is 970. The van der Waals surface area contributed by atoms with Gasteiger partial charge in [-0.1, -0.05) is 0 Å². The number of anilines is 1. The van der Waals surface area contributed by atoms with Gasteiger partial charge in [0, 0.05) is 17.7 Å². The number of benzene rings is 1. The van der Waals surface area contributed by atoms with Crippen molar-refractivity contribution in [3.05, 3.63) is 53.6 Å². The van der Waals surface area contributed by atoms with Gasteiger partial charge in [0.05, 0.1) is 18.8 Å². The summed E-state index contributed by atoms with van der Waals surface area (Å²) in [5, 5.41) is 2.53. The number of carbonyl (C=O) groups excluding carboxylic acids is 1. The quantitative estimate of drug-likeness (QED) is 0.637. The molecule has 3 N–H and O–H groups in total. The largest absolute Gasteiger partial charge is 0.485 e. The van der Waals surface area contributed by atoms with Gasteiger partial charge in [0.1, 0.15) is 17.3 Å². The van der Waals surface area contributed by atoms with Crippen molar-refractivity contribution in [3.8, 4) is 5.75 Å². The first-order valence-electron chi connectivity index (χ1n) is 8.97. The standard InChI is InChI=1S/C19H17F5N4O3/c20-13-3-1-10(7-12(13)14-5-6-30-18(25)28-14)27-16(29)15-4-2-11(8-26-15)31-9-19(23,24)17(21)22/h1-4,7-8,14,17H,5-6,9H2,(H2,25,28)(H,27,29). The highest BCUT2D eigenvalue weighted by Gasteiger charge is 2.41. The molecule has 0 radical (unpaired) electrons. The molecule has 0 spiro atoms. The highest BCUT2D eigenvalue weighted by Crippen LogP contribution is 2.29. The number of nitrogens with zero attached hydrogens (tertiary/aromatic N) is 2. The van der Waals surface area contributed by atoms with E-state index in [-0.39, 0.29) is 35.3 Å². The number of halogens is 5. The first-order valence-corrected chi connectivity index (χ1v) is 8.97. The van der Waals surface area contributed by atoms with Crippen molar-refractivity contribution in [1.82, 2.24) is 4.98 Å². The minimum absolute atomic E-state index is 0.0529. The summed E-state index contributed by atoms with van der Waals surface area (Å²) < 4.78 is 73.9. The van der Waals surface area contributed by atoms with Crippen molar-refractivity contribution >= 4 is 17.6 Å². The predicted octanol–water partition coefficient (Wildman–Crippen LogP) is 3.53. The number of carbonyl (C=O) groups is 1. The number of amides is 1. The van der Waals surface area contributed by atoms with Crippen molar-refractivity contribution < 1.29 is 36.2 Å². The first-order chi connectivity index (χ1) is 14.7. The van der Waals surface area contributed by atoms with Gasteiger partial charge in [-0.05, 0) is 30.3 Å². The average Bonchev–Trinajstić information content (AvgIpc) is 2.74. The summed E-state index contributed by atoms with van der Waals surface area (Å²) in [4.78, 5) is 20.2. The number of hydrogen-bond donors (Lipinski definition) is 2. The number of alkyl halides is 4. The number of nitrogens with one attached hydrogen (secondary N) is 1. The molecule has 3 rings (SSSR count). The fourth-order valence-electron chi connectivity index (χ4n) is 2.67. The number of aromatic nitrogens is 1. The third-order valence-corrected chi connectivity index (χ3v) is 4.26. The molecule has 31 heavy (non-hydrogen) atoms. The third kappa shape index (κ3) is 5.58. The van der Waals surface area contributed by atoms with Crippen LogP contribution in [0, 0.1) is 5.82 Å². The van der Waals surface area contributed by atoms with Crippen LogP contribution in [0.1, 0.15) is 28.5 Å². The average molecular weight is 444 g/mol. The summed E-state index contributed by atoms with van der Waals surface area (Å²) in [6.07, 6.45) is -2.51. The first kappa shape index (κ1) is 22.2. The minimum atomic E-state index is -4.31. The van der Waals surface area contributed by atoms with Crippen LogP contribution in [0.3, 0.4) is 0 Å². The van der Waals surface area contributed by atoms with Crippen LogP contribution in [0.2, 0.25) is 0 Å². The molecule has 1 aliphatic rings. The Balaban J connectivity index is 1.66. The van der Waals surface area contributed by atoms with E-state index in [4.69, 9.17) is 10.5 Å². The number of amidine groups is 1. The highest BCUT2D eigenvalue weighted by molar-refractivity contribution is 6.02. The molecule has 1 aliphatic heterocycles. The zero-order chi connectivity index (χ0) is 22.6. The Morgan fingerprint density at radius 3 is 2.74 bits per heavy atom. The van der Waals surface area contributed by atoms with E-state index in [1.54, 1.807) is 0 Å². The second kappa shape index (κ2) is 9.14. The molecule has 0 aliphatic carbocycles. The topological polar surface area (TPSA) is 98.8 Å². The fraction of sp³-hybridized carbons (Fsp3) is 0.316. The van der Waals surface area contributed by atoms with Crippen LogP contribution in [0.15, 0.2) is 41.5 Å². The lowest BCUT2D eigenvalue weighted by molar-refractivity contribution is -0.148. The Morgan fingerprint density at radius 1 is 1.32 bits per heavy atom. The third-order valence-electron chi connectivity index (χ3n) is 4.26. The van der Waals surface area contributed by atoms with Crippen LogP contribution < -0.4 is 15.8 Å². The Labute approximate surface area is 173 Å². The molecule has 1 atom stereocenters. The second-order valence-electron chi connectivity index (χ2n) is 6.54. The molecule has 1 aromatic heterocycles. The molecule has 12 heteroatoms. The van der Waals surface area contributed by atoms with E-state index in [2.05, 4.69) is 20.0 Å². The van der Waals surface area contributed by atoms with Crippen LogP contribution in [-0.4, -0.2) is 42.5 Å². The van der Waals surface area contributed by atoms with Crippen LogP contribution in [0.4, 0.5) is 27.6 Å². The van der Waals surface area contributed by atoms with E-state index in [0.717, 1.165) is 12.3 Å². The van der Waals surface area contributed by atoms with Crippen molar-refractivity contribution in [1.29, 1.82) is 0 Å². The number of nitrogens with two attached hydrogens (primary N) is 1. The van der Waals surface area contributed by atoms with E-state index in [1.807, 2.05) is 0 Å². The van der Waals surface area contributed by atoms with E-state index < -0.39 is 36.7 Å². The SMILES string of the molecule is NC1=NC(c2cc(NC(=O)c3ccc(OCC(F)(F)C(F)F)cn3)ccc2F)CCO1. The molecule has 2 heterocycles. The van der Waals surface area contributed by atoms with E-state index in [9.17, 15) is 26.7 Å². The highest BCUT2D eigenvalue weighted by atomic mass is 19.3. The molecule has 1 unspecified atom stereocenters. The van der Waals surface area contributed by atoms with Crippen LogP contribution in [-0.2, 0) is 4.74 Å². The van der Waals surface area contributed by atoms with Crippen molar-refractivity contribution in [3.63, 3.8) is 0 Å². The van der Waals surface area contributed by atoms with Gasteiger partial charge in [-0.3, -0.25) is 4.79 Å². The van der Waals surface area contributed by atoms with E-state index in [0.29, 0.717) is 6.42 Å². The maximum atomic E-state index is 14.2. The lowest BCUT2D eigenvalue weighted by Gasteiger charge is -2.20. The maximum absolute atomic E-state index is 14.2. The molecule has 1 amide bonds. The summed E-state index contributed by atoms with van der Waals surface area (Å²) in [5.74, 6) is -5.72. The lowest BCUT2D eigenvalue weighted by Crippen LogP contribution is -2.33. The van der Waals surface area contributed by atoms with Gasteiger partial charge in [0.2, 0.25) is 0 Å². The number of hydrogen-bond acceptors (Lipinski definition) is 6. The number of rotatable bonds is 7. The van der Waals surface area contributed by atoms with Crippen LogP contribution in [0.5, 0.6) is 5.75 Å². The fourth-order valence-corrected chi connectivity index (χ4v) is 2.67. The van der Waals surface area contributed by atoms with E-state index in [1.165, 1.54) is 24.3 Å². The van der Waals surface area contributed by atoms with Gasteiger partial charge in [-0.2, -0.15) is 8.78 Å². The monoisotopic (exact) mass is 444 g/mol. The molecule has 166 valence electrons. The summed E-state index contributed by atoms with van der Waals surface area (Å²) in [5.41, 5.74) is 5.90. The molecule has 0 bridgehead atoms. The molecule has 0 fully saturated rings. The van der Waals surface area contributed by atoms with Crippen molar-refractivity contribution in [2.75, 3.05) is 18.5 Å². The molecule has 1 aromatic carbocycles. The van der Waals surface area contributed by atoms with Crippen LogP contribution >= 0.6 is 0 Å². The zero-order valence-corrected chi connectivity index (χ0v) is 15.8. The minimum Gasteiger partial charge on any atom is -0.485 e. The Kier molecular flexibility index (Phi) is 6.56. The van der Waals surface area contributed by atoms with Gasteiger partial charge in [0.15, 0.2) is 6.61 Å². The van der Waals surface area contributed by atoms with Gasteiger partial charge in [-0.15, -0.1) is 0 Å². The van der Waals surface area contributed by atoms with Crippen molar-refractivity contribution in [2.45, 2.75) is 24.8 Å². The molecule has 0 saturated carbocycles. The van der Waals surface area contributed by atoms with Gasteiger partial charge < -0.3 is 20.5 Å². The molecule has 7 nitrogen and oxygen atoms in total. The van der Waals surface area contributed by atoms with E-state index >= 15 is 0 Å². The van der Waals surface area contributed by atoms with Gasteiger partial charge >= 0.3 is 12.3 Å². The number of aliphatic imine (C=N–C) groups is 1. The summed E-state index contributed by atoms with van der Waals surface area (Å²) >= 11 is 0. The predicted molar refractivity (Wildman–Crippen MR) is 100.0 cm³/mol. The summed E-state index contributed by atoms with van der Waals surface area (Å²) in [6, 6.07) is 5.60. The molecular weight excluding hydrogens is 427 g/mol. The molecule has 0 saturated heterocycles. The summed E-state index contributed by atoms with van der Waals surface area (Å²) in [6.45, 7) is -1.26. The van der Waals surface area contributed by atoms with Gasteiger partial charge in [-0.25, -0.2) is 23.1 Å². The normalized spacial score (nSPS) is 16.5. The molecule has 2 aromatic rings. The summed E-state index contributed by atoms with van der Waals surface area (Å²) in [7, 11) is 0. The smallest absolute Gasteiger partial charge is 0.340 e. The number of ether oxygens (including phenoxy) is 2. The molecular formula is C19H17F5N4O3. The Morgan fingerprint density at radius 2 is 2.10 bits per heavy atom. The zero-order valence-electron chi connectivity index (χ0n) is 15.8. The van der Waals surface area contributed by atoms with Crippen molar-refractivity contribution in [2.24, 2.45) is 10.7 Å². The van der Waals surface area contributed by atoms with Crippen LogP contribution in [0.25, 0.3) is 0 Å². The lowest BCUT2D eigenvalue weighted by atomic mass is 10.0. The Hall–Kier alpha value is -3.44. The maximum Gasteiger partial charge on any atom is 0.340 e.